The van der Waals surface area contributed by atoms with Crippen LogP contribution in [0.2, 0.25) is 0 Å². The summed E-state index contributed by atoms with van der Waals surface area (Å²) in [5.74, 6) is 0.849. The number of sulfonamides is 1. The summed E-state index contributed by atoms with van der Waals surface area (Å²) in [4.78, 5) is 0.132. The highest BCUT2D eigenvalue weighted by molar-refractivity contribution is 7.89. The molecule has 0 radical (unpaired) electrons. The molecule has 2 N–H and O–H groups in total. The molecule has 1 heterocycles. The van der Waals surface area contributed by atoms with Crippen LogP contribution in [0.25, 0.3) is 11.3 Å². The third-order valence-electron chi connectivity index (χ3n) is 5.66. The van der Waals surface area contributed by atoms with E-state index in [1.54, 1.807) is 12.1 Å². The maximum atomic E-state index is 13.1. The van der Waals surface area contributed by atoms with Gasteiger partial charge in [0.15, 0.2) is 0 Å². The molecule has 0 atom stereocenters. The van der Waals surface area contributed by atoms with E-state index in [0.717, 1.165) is 17.0 Å². The molecule has 2 aromatic rings. The van der Waals surface area contributed by atoms with Crippen molar-refractivity contribution in [2.24, 2.45) is 7.05 Å². The van der Waals surface area contributed by atoms with Crippen LogP contribution in [-0.4, -0.2) is 42.6 Å². The molecule has 1 aromatic carbocycles. The number of methoxy groups -OCH3 is 1. The number of rotatable bonds is 6. The number of aromatic nitrogens is 2. The van der Waals surface area contributed by atoms with E-state index in [0.29, 0.717) is 37.4 Å². The van der Waals surface area contributed by atoms with Crippen molar-refractivity contribution in [3.05, 3.63) is 30.0 Å². The first-order chi connectivity index (χ1) is 13.4. The summed E-state index contributed by atoms with van der Waals surface area (Å²) in [6, 6.07) is 7.10. The molecule has 7 nitrogen and oxygen atoms in total. The van der Waals surface area contributed by atoms with Crippen molar-refractivity contribution in [3.8, 4) is 17.0 Å². The molecule has 0 amide bonds. The zero-order valence-electron chi connectivity index (χ0n) is 16.3. The SMILES string of the molecule is COc1ccc(-c2cc(C3CC3)nn2C)cc1S(=O)(=O)NC1CCC(O)CC1. The predicted molar refractivity (Wildman–Crippen MR) is 106 cm³/mol. The fourth-order valence-corrected chi connectivity index (χ4v) is 5.36. The number of benzene rings is 1. The number of hydrogen-bond donors (Lipinski definition) is 2. The van der Waals surface area contributed by atoms with Crippen molar-refractivity contribution < 1.29 is 18.3 Å². The molecule has 152 valence electrons. The van der Waals surface area contributed by atoms with E-state index in [1.165, 1.54) is 20.0 Å². The summed E-state index contributed by atoms with van der Waals surface area (Å²) in [7, 11) is -0.394. The molecule has 2 saturated carbocycles. The van der Waals surface area contributed by atoms with Gasteiger partial charge in [-0.05, 0) is 62.8 Å². The standard InChI is InChI=1S/C20H27N3O4S/c1-23-18(12-17(21-23)13-3-4-13)14-5-10-19(27-2)20(11-14)28(25,26)22-15-6-8-16(24)9-7-15/h5,10-13,15-16,22,24H,3-4,6-9H2,1-2H3. The number of nitrogens with one attached hydrogen (secondary N) is 1. The summed E-state index contributed by atoms with van der Waals surface area (Å²) < 4.78 is 36.1. The minimum atomic E-state index is -3.75. The largest absolute Gasteiger partial charge is 0.495 e. The summed E-state index contributed by atoms with van der Waals surface area (Å²) in [5.41, 5.74) is 2.75. The molecule has 0 spiro atoms. The van der Waals surface area contributed by atoms with Crippen LogP contribution in [0.4, 0.5) is 0 Å². The van der Waals surface area contributed by atoms with Gasteiger partial charge in [-0.15, -0.1) is 0 Å². The van der Waals surface area contributed by atoms with E-state index in [1.807, 2.05) is 23.9 Å². The van der Waals surface area contributed by atoms with Crippen molar-refractivity contribution in [2.45, 2.75) is 61.5 Å². The first-order valence-corrected chi connectivity index (χ1v) is 11.3. The molecular formula is C20H27N3O4S. The number of aryl methyl sites for hydroxylation is 1. The molecule has 0 unspecified atom stereocenters. The highest BCUT2D eigenvalue weighted by Crippen LogP contribution is 2.41. The van der Waals surface area contributed by atoms with E-state index in [4.69, 9.17) is 4.74 Å². The molecule has 0 aliphatic heterocycles. The average Bonchev–Trinajstić information content (AvgIpc) is 3.45. The van der Waals surface area contributed by atoms with Crippen LogP contribution < -0.4 is 9.46 Å². The van der Waals surface area contributed by atoms with E-state index < -0.39 is 10.0 Å². The van der Waals surface area contributed by atoms with Crippen molar-refractivity contribution in [2.75, 3.05) is 7.11 Å². The molecule has 2 fully saturated rings. The molecular weight excluding hydrogens is 378 g/mol. The molecule has 2 aliphatic rings. The average molecular weight is 406 g/mol. The van der Waals surface area contributed by atoms with Crippen molar-refractivity contribution in [1.82, 2.24) is 14.5 Å². The zero-order valence-corrected chi connectivity index (χ0v) is 17.1. The first kappa shape index (κ1) is 19.4. The van der Waals surface area contributed by atoms with E-state index in [9.17, 15) is 13.5 Å². The van der Waals surface area contributed by atoms with Gasteiger partial charge in [-0.25, -0.2) is 13.1 Å². The van der Waals surface area contributed by atoms with Crippen molar-refractivity contribution in [3.63, 3.8) is 0 Å². The number of aliphatic hydroxyl groups is 1. The summed E-state index contributed by atoms with van der Waals surface area (Å²) in [5, 5.41) is 14.2. The van der Waals surface area contributed by atoms with Crippen LogP contribution in [0.3, 0.4) is 0 Å². The molecule has 2 aliphatic carbocycles. The Morgan fingerprint density at radius 2 is 1.86 bits per heavy atom. The van der Waals surface area contributed by atoms with Gasteiger partial charge in [0.1, 0.15) is 10.6 Å². The summed E-state index contributed by atoms with van der Waals surface area (Å²) in [6.07, 6.45) is 4.50. The molecule has 4 rings (SSSR count). The quantitative estimate of drug-likeness (QED) is 0.770. The Balaban J connectivity index is 1.65. The number of ether oxygens (including phenoxy) is 1. The lowest BCUT2D eigenvalue weighted by Crippen LogP contribution is -2.38. The summed E-state index contributed by atoms with van der Waals surface area (Å²) >= 11 is 0. The fourth-order valence-electron chi connectivity index (χ4n) is 3.86. The maximum absolute atomic E-state index is 13.1. The lowest BCUT2D eigenvalue weighted by molar-refractivity contribution is 0.120. The molecule has 0 saturated heterocycles. The van der Waals surface area contributed by atoms with Crippen molar-refractivity contribution in [1.29, 1.82) is 0 Å². The Morgan fingerprint density at radius 3 is 2.50 bits per heavy atom. The van der Waals surface area contributed by atoms with Crippen LogP contribution in [-0.2, 0) is 17.1 Å². The monoisotopic (exact) mass is 405 g/mol. The van der Waals surface area contributed by atoms with E-state index >= 15 is 0 Å². The van der Waals surface area contributed by atoms with E-state index in [-0.39, 0.29) is 17.0 Å². The van der Waals surface area contributed by atoms with Crippen LogP contribution >= 0.6 is 0 Å². The fraction of sp³-hybridized carbons (Fsp3) is 0.550. The molecule has 8 heteroatoms. The molecule has 28 heavy (non-hydrogen) atoms. The topological polar surface area (TPSA) is 93.5 Å². The second-order valence-corrected chi connectivity index (χ2v) is 9.53. The van der Waals surface area contributed by atoms with Crippen LogP contribution in [0.1, 0.15) is 50.1 Å². The van der Waals surface area contributed by atoms with Gasteiger partial charge < -0.3 is 9.84 Å². The Hall–Kier alpha value is -1.90. The van der Waals surface area contributed by atoms with Crippen LogP contribution in [0, 0.1) is 0 Å². The van der Waals surface area contributed by atoms with Gasteiger partial charge in [-0.2, -0.15) is 5.10 Å². The van der Waals surface area contributed by atoms with Gasteiger partial charge in [0.2, 0.25) is 10.0 Å². The number of aliphatic hydroxyl groups excluding tert-OH is 1. The number of hydrogen-bond acceptors (Lipinski definition) is 5. The number of nitrogens with zero attached hydrogens (tertiary/aromatic N) is 2. The highest BCUT2D eigenvalue weighted by Gasteiger charge is 2.29. The Bertz CT molecular complexity index is 958. The van der Waals surface area contributed by atoms with Gasteiger partial charge in [0, 0.05) is 24.6 Å². The Kier molecular flexibility index (Phi) is 5.20. The lowest BCUT2D eigenvalue weighted by Gasteiger charge is -2.26. The second-order valence-electron chi connectivity index (χ2n) is 7.84. The zero-order chi connectivity index (χ0) is 19.9. The van der Waals surface area contributed by atoms with Crippen LogP contribution in [0.15, 0.2) is 29.2 Å². The summed E-state index contributed by atoms with van der Waals surface area (Å²) in [6.45, 7) is 0. The smallest absolute Gasteiger partial charge is 0.244 e. The minimum Gasteiger partial charge on any atom is -0.495 e. The first-order valence-electron chi connectivity index (χ1n) is 9.80. The van der Waals surface area contributed by atoms with Gasteiger partial charge in [0.25, 0.3) is 0 Å². The molecule has 1 aromatic heterocycles. The minimum absolute atomic E-state index is 0.132. The highest BCUT2D eigenvalue weighted by atomic mass is 32.2. The van der Waals surface area contributed by atoms with Crippen molar-refractivity contribution >= 4 is 10.0 Å². The van der Waals surface area contributed by atoms with Gasteiger partial charge in [0.05, 0.1) is 24.6 Å². The van der Waals surface area contributed by atoms with Crippen LogP contribution in [0.5, 0.6) is 5.75 Å². The van der Waals surface area contributed by atoms with Gasteiger partial charge in [-0.3, -0.25) is 4.68 Å². The molecule has 0 bridgehead atoms. The van der Waals surface area contributed by atoms with Gasteiger partial charge in [-0.1, -0.05) is 0 Å². The normalized spacial score (nSPS) is 23.0. The second kappa shape index (κ2) is 7.50. The predicted octanol–water partition coefficient (Wildman–Crippen LogP) is 2.55. The van der Waals surface area contributed by atoms with Gasteiger partial charge >= 0.3 is 0 Å². The Labute approximate surface area is 165 Å². The van der Waals surface area contributed by atoms with E-state index in [2.05, 4.69) is 9.82 Å². The maximum Gasteiger partial charge on any atom is 0.244 e. The third kappa shape index (κ3) is 3.94. The lowest BCUT2D eigenvalue weighted by atomic mass is 9.94. The Morgan fingerprint density at radius 1 is 1.14 bits per heavy atom. The third-order valence-corrected chi connectivity index (χ3v) is 7.20.